The van der Waals surface area contributed by atoms with Gasteiger partial charge in [0.2, 0.25) is 0 Å². The van der Waals surface area contributed by atoms with Crippen molar-refractivity contribution in [1.29, 1.82) is 0 Å². The molecule has 0 amide bonds. The van der Waals surface area contributed by atoms with E-state index < -0.39 is 0 Å². The SMILES string of the molecule is c1ccc(C2=NC(c3cc(-c4ccccc4-c4ccc5c6ccccc6c6ccccc6c5c4)cc4oc5ccccc5c34)=NC(c3ccccc3)N2)cc1. The second-order valence-corrected chi connectivity index (χ2v) is 14.1. The van der Waals surface area contributed by atoms with Crippen molar-refractivity contribution in [3.63, 3.8) is 0 Å². The van der Waals surface area contributed by atoms with Gasteiger partial charge >= 0.3 is 0 Å². The number of nitrogens with one attached hydrogen (secondary N) is 1. The second kappa shape index (κ2) is 12.7. The molecule has 1 aromatic heterocycles. The maximum Gasteiger partial charge on any atom is 0.160 e. The molecule has 0 radical (unpaired) electrons. The lowest BCUT2D eigenvalue weighted by atomic mass is 9.89. The van der Waals surface area contributed by atoms with Crippen LogP contribution in [0, 0.1) is 0 Å². The molecular weight excluding hydrogens is 671 g/mol. The fourth-order valence-corrected chi connectivity index (χ4v) is 8.37. The fourth-order valence-electron chi connectivity index (χ4n) is 8.37. The normalized spacial score (nSPS) is 14.4. The molecule has 0 saturated carbocycles. The van der Waals surface area contributed by atoms with E-state index in [0.29, 0.717) is 5.84 Å². The van der Waals surface area contributed by atoms with Crippen LogP contribution in [0.3, 0.4) is 0 Å². The van der Waals surface area contributed by atoms with Crippen LogP contribution in [-0.2, 0) is 0 Å². The first-order chi connectivity index (χ1) is 27.3. The van der Waals surface area contributed by atoms with Gasteiger partial charge in [-0.2, -0.15) is 0 Å². The molecule has 4 heteroatoms. The molecule has 9 aromatic carbocycles. The molecule has 4 nitrogen and oxygen atoms in total. The topological polar surface area (TPSA) is 49.9 Å². The molecule has 258 valence electrons. The third-order valence-electron chi connectivity index (χ3n) is 10.9. The van der Waals surface area contributed by atoms with E-state index in [1.54, 1.807) is 0 Å². The van der Waals surface area contributed by atoms with Crippen molar-refractivity contribution >= 4 is 65.9 Å². The third kappa shape index (κ3) is 5.22. The number of hydrogen-bond acceptors (Lipinski definition) is 4. The van der Waals surface area contributed by atoms with Crippen molar-refractivity contribution in [2.75, 3.05) is 0 Å². The van der Waals surface area contributed by atoms with Gasteiger partial charge in [0.15, 0.2) is 5.84 Å². The van der Waals surface area contributed by atoms with Crippen LogP contribution in [0.2, 0.25) is 0 Å². The Balaban J connectivity index is 1.14. The summed E-state index contributed by atoms with van der Waals surface area (Å²) in [6, 6.07) is 66.4. The lowest BCUT2D eigenvalue weighted by molar-refractivity contribution is 0.668. The number of fused-ring (bicyclic) bond motifs is 9. The minimum absolute atomic E-state index is 0.323. The number of benzene rings is 9. The van der Waals surface area contributed by atoms with Crippen LogP contribution in [0.5, 0.6) is 0 Å². The summed E-state index contributed by atoms with van der Waals surface area (Å²) in [5, 5.41) is 13.2. The number of para-hydroxylation sites is 1. The highest BCUT2D eigenvalue weighted by molar-refractivity contribution is 6.26. The van der Waals surface area contributed by atoms with Gasteiger partial charge < -0.3 is 9.73 Å². The number of hydrogen-bond donors (Lipinski definition) is 1. The summed E-state index contributed by atoms with van der Waals surface area (Å²) in [6.07, 6.45) is -0.323. The van der Waals surface area contributed by atoms with Crippen LogP contribution in [0.4, 0.5) is 0 Å². The second-order valence-electron chi connectivity index (χ2n) is 14.1. The van der Waals surface area contributed by atoms with E-state index in [9.17, 15) is 0 Å². The first-order valence-electron chi connectivity index (χ1n) is 18.7. The van der Waals surface area contributed by atoms with E-state index in [4.69, 9.17) is 14.4 Å². The van der Waals surface area contributed by atoms with Crippen LogP contribution in [0.1, 0.15) is 22.9 Å². The van der Waals surface area contributed by atoms with Crippen molar-refractivity contribution in [3.8, 4) is 22.3 Å². The van der Waals surface area contributed by atoms with Crippen molar-refractivity contribution in [2.45, 2.75) is 6.17 Å². The van der Waals surface area contributed by atoms with Gasteiger partial charge in [0.25, 0.3) is 0 Å². The van der Waals surface area contributed by atoms with Crippen LogP contribution in [0.15, 0.2) is 202 Å². The first kappa shape index (κ1) is 31.2. The number of furan rings is 1. The van der Waals surface area contributed by atoms with Crippen molar-refractivity contribution in [1.82, 2.24) is 5.32 Å². The average Bonchev–Trinajstić information content (AvgIpc) is 3.65. The van der Waals surface area contributed by atoms with E-state index in [0.717, 1.165) is 66.7 Å². The highest BCUT2D eigenvalue weighted by atomic mass is 16.3. The Hall–Kier alpha value is -7.30. The molecule has 2 heterocycles. The highest BCUT2D eigenvalue weighted by Gasteiger charge is 2.25. The number of nitrogens with zero attached hydrogens (tertiary/aromatic N) is 2. The van der Waals surface area contributed by atoms with Gasteiger partial charge in [-0.3, -0.25) is 0 Å². The van der Waals surface area contributed by atoms with Crippen LogP contribution < -0.4 is 5.32 Å². The van der Waals surface area contributed by atoms with Gasteiger partial charge in [0, 0.05) is 21.9 Å². The minimum atomic E-state index is -0.323. The standard InChI is InChI=1S/C51H33N3O/c1-3-15-32(16-4-1)49-52-50(33-17-5-2-6-18-33)54-51(53-49)45-30-35(31-47-48(45)43-25-13-14-26-46(43)55-47)37-20-8-7-19-36(37)34-27-28-42-40-23-10-9-21-38(40)39-22-11-12-24-41(39)44(42)29-34/h1-31,49H,(H,52,53,54). The van der Waals surface area contributed by atoms with Crippen LogP contribution in [0.25, 0.3) is 76.5 Å². The van der Waals surface area contributed by atoms with E-state index in [-0.39, 0.29) is 6.17 Å². The third-order valence-corrected chi connectivity index (χ3v) is 10.9. The van der Waals surface area contributed by atoms with E-state index in [1.165, 1.54) is 32.3 Å². The predicted octanol–water partition coefficient (Wildman–Crippen LogP) is 12.9. The zero-order chi connectivity index (χ0) is 36.3. The van der Waals surface area contributed by atoms with Gasteiger partial charge in [0.1, 0.15) is 23.2 Å². The number of amidine groups is 2. The Kier molecular flexibility index (Phi) is 7.20. The minimum Gasteiger partial charge on any atom is -0.456 e. The number of aliphatic imine (C=N–C) groups is 2. The molecule has 0 bridgehead atoms. The average molecular weight is 704 g/mol. The summed E-state index contributed by atoms with van der Waals surface area (Å²) in [5.74, 6) is 1.44. The molecule has 1 unspecified atom stereocenters. The molecule has 0 aliphatic carbocycles. The Morgan fingerprint density at radius 2 is 0.964 bits per heavy atom. The van der Waals surface area contributed by atoms with Gasteiger partial charge in [-0.25, -0.2) is 9.98 Å². The van der Waals surface area contributed by atoms with E-state index >= 15 is 0 Å². The van der Waals surface area contributed by atoms with Gasteiger partial charge in [-0.15, -0.1) is 0 Å². The molecular formula is C51H33N3O. The van der Waals surface area contributed by atoms with Crippen LogP contribution in [-0.4, -0.2) is 11.7 Å². The van der Waals surface area contributed by atoms with Gasteiger partial charge in [-0.05, 0) is 84.4 Å². The fraction of sp³-hybridized carbons (Fsp3) is 0.0196. The Morgan fingerprint density at radius 1 is 0.400 bits per heavy atom. The Bertz CT molecular complexity index is 3140. The molecule has 11 rings (SSSR count). The summed E-state index contributed by atoms with van der Waals surface area (Å²) in [7, 11) is 0. The maximum atomic E-state index is 6.64. The lowest BCUT2D eigenvalue weighted by Gasteiger charge is -2.24. The zero-order valence-corrected chi connectivity index (χ0v) is 29.8. The predicted molar refractivity (Wildman–Crippen MR) is 229 cm³/mol. The molecule has 55 heavy (non-hydrogen) atoms. The van der Waals surface area contributed by atoms with Crippen molar-refractivity contribution < 1.29 is 4.42 Å². The molecule has 1 aliphatic rings. The van der Waals surface area contributed by atoms with Crippen molar-refractivity contribution in [3.05, 3.63) is 205 Å². The quantitative estimate of drug-likeness (QED) is 0.181. The molecule has 1 aliphatic heterocycles. The zero-order valence-electron chi connectivity index (χ0n) is 29.8. The molecule has 0 saturated heterocycles. The number of rotatable bonds is 5. The summed E-state index contributed by atoms with van der Waals surface area (Å²) in [6.45, 7) is 0. The molecule has 0 spiro atoms. The van der Waals surface area contributed by atoms with Gasteiger partial charge in [0.05, 0.1) is 0 Å². The Morgan fingerprint density at radius 3 is 1.67 bits per heavy atom. The van der Waals surface area contributed by atoms with Crippen molar-refractivity contribution in [2.24, 2.45) is 9.98 Å². The largest absolute Gasteiger partial charge is 0.456 e. The summed E-state index contributed by atoms with van der Waals surface area (Å²) in [4.78, 5) is 10.6. The molecule has 1 atom stereocenters. The first-order valence-corrected chi connectivity index (χ1v) is 18.7. The van der Waals surface area contributed by atoms with Crippen LogP contribution >= 0.6 is 0 Å². The molecule has 10 aromatic rings. The lowest BCUT2D eigenvalue weighted by Crippen LogP contribution is -2.33. The van der Waals surface area contributed by atoms with E-state index in [1.807, 2.05) is 36.4 Å². The molecule has 1 N–H and O–H groups in total. The summed E-state index contributed by atoms with van der Waals surface area (Å²) >= 11 is 0. The summed E-state index contributed by atoms with van der Waals surface area (Å²) in [5.41, 5.74) is 9.07. The summed E-state index contributed by atoms with van der Waals surface area (Å²) < 4.78 is 6.64. The van der Waals surface area contributed by atoms with E-state index in [2.05, 4.69) is 157 Å². The Labute approximate surface area is 317 Å². The highest BCUT2D eigenvalue weighted by Crippen LogP contribution is 2.42. The van der Waals surface area contributed by atoms with Gasteiger partial charge in [-0.1, -0.05) is 164 Å². The monoisotopic (exact) mass is 703 g/mol. The smallest absolute Gasteiger partial charge is 0.160 e. The maximum absolute atomic E-state index is 6.64. The molecule has 0 fully saturated rings.